The van der Waals surface area contributed by atoms with Crippen LogP contribution in [0.15, 0.2) is 24.3 Å². The minimum atomic E-state index is 0.0278. The van der Waals surface area contributed by atoms with Crippen LogP contribution < -0.4 is 5.32 Å². The third-order valence-electron chi connectivity index (χ3n) is 4.28. The molecule has 126 valence electrons. The molecule has 23 heavy (non-hydrogen) atoms. The van der Waals surface area contributed by atoms with Crippen molar-refractivity contribution >= 4 is 23.4 Å². The van der Waals surface area contributed by atoms with Crippen molar-refractivity contribution in [3.05, 3.63) is 34.9 Å². The number of piperidine rings is 1. The molecule has 1 N–H and O–H groups in total. The highest BCUT2D eigenvalue weighted by atomic mass is 35.5. The Kier molecular flexibility index (Phi) is 6.90. The Hall–Kier alpha value is -1.55. The lowest BCUT2D eigenvalue weighted by Crippen LogP contribution is -2.43. The summed E-state index contributed by atoms with van der Waals surface area (Å²) in [5.74, 6) is 0.349. The van der Waals surface area contributed by atoms with E-state index in [1.54, 1.807) is 0 Å². The zero-order chi connectivity index (χ0) is 16.7. The summed E-state index contributed by atoms with van der Waals surface area (Å²) in [5, 5.41) is 3.72. The molecule has 1 aliphatic rings. The van der Waals surface area contributed by atoms with Gasteiger partial charge in [0.1, 0.15) is 0 Å². The molecule has 2 rings (SSSR count). The topological polar surface area (TPSA) is 49.4 Å². The predicted octanol–water partition coefficient (Wildman–Crippen LogP) is 3.04. The van der Waals surface area contributed by atoms with E-state index in [0.29, 0.717) is 26.1 Å². The summed E-state index contributed by atoms with van der Waals surface area (Å²) in [6.07, 6.45) is 3.79. The average molecular weight is 337 g/mol. The van der Waals surface area contributed by atoms with E-state index >= 15 is 0 Å². The van der Waals surface area contributed by atoms with Gasteiger partial charge in [-0.1, -0.05) is 30.7 Å². The summed E-state index contributed by atoms with van der Waals surface area (Å²) in [5.41, 5.74) is 1.12. The minimum Gasteiger partial charge on any atom is -0.356 e. The standard InChI is InChI=1S/C18H25ClN2O2/c1-2-4-17(22)21-11-8-15(9-12-21)18(23)20-10-7-14-5-3-6-16(19)13-14/h3,5-6,13,15H,2,4,7-12H2,1H3,(H,20,23). The number of halogens is 1. The summed E-state index contributed by atoms with van der Waals surface area (Å²) in [6, 6.07) is 7.70. The third kappa shape index (κ3) is 5.54. The molecule has 1 saturated heterocycles. The van der Waals surface area contributed by atoms with Crippen LogP contribution in [0.3, 0.4) is 0 Å². The van der Waals surface area contributed by atoms with Gasteiger partial charge in [0.15, 0.2) is 0 Å². The molecule has 0 bridgehead atoms. The van der Waals surface area contributed by atoms with Crippen molar-refractivity contribution in [2.75, 3.05) is 19.6 Å². The van der Waals surface area contributed by atoms with Gasteiger partial charge in [-0.2, -0.15) is 0 Å². The Morgan fingerprint density at radius 3 is 2.70 bits per heavy atom. The van der Waals surface area contributed by atoms with Crippen molar-refractivity contribution in [1.29, 1.82) is 0 Å². The average Bonchev–Trinajstić information content (AvgIpc) is 2.55. The first-order valence-electron chi connectivity index (χ1n) is 8.40. The molecular formula is C18H25ClN2O2. The van der Waals surface area contributed by atoms with Crippen LogP contribution >= 0.6 is 11.6 Å². The summed E-state index contributed by atoms with van der Waals surface area (Å²) < 4.78 is 0. The van der Waals surface area contributed by atoms with E-state index < -0.39 is 0 Å². The number of rotatable bonds is 6. The molecule has 1 aromatic carbocycles. The first kappa shape index (κ1) is 17.8. The molecule has 0 unspecified atom stereocenters. The van der Waals surface area contributed by atoms with Crippen LogP contribution in [0, 0.1) is 5.92 Å². The number of hydrogen-bond acceptors (Lipinski definition) is 2. The monoisotopic (exact) mass is 336 g/mol. The van der Waals surface area contributed by atoms with Crippen molar-refractivity contribution in [3.63, 3.8) is 0 Å². The number of nitrogens with one attached hydrogen (secondary N) is 1. The van der Waals surface area contributed by atoms with E-state index in [-0.39, 0.29) is 17.7 Å². The number of benzene rings is 1. The first-order chi connectivity index (χ1) is 11.1. The molecule has 1 aliphatic heterocycles. The molecule has 1 heterocycles. The van der Waals surface area contributed by atoms with Crippen molar-refractivity contribution in [2.45, 2.75) is 39.0 Å². The Labute approximate surface area is 143 Å². The second kappa shape index (κ2) is 8.92. The summed E-state index contributed by atoms with van der Waals surface area (Å²) >= 11 is 5.95. The molecule has 0 spiro atoms. The molecule has 0 aromatic heterocycles. The Morgan fingerprint density at radius 1 is 1.30 bits per heavy atom. The first-order valence-corrected chi connectivity index (χ1v) is 8.78. The van der Waals surface area contributed by atoms with Crippen molar-refractivity contribution < 1.29 is 9.59 Å². The predicted molar refractivity (Wildman–Crippen MR) is 92.4 cm³/mol. The normalized spacial score (nSPS) is 15.5. The smallest absolute Gasteiger partial charge is 0.223 e. The van der Waals surface area contributed by atoms with E-state index in [0.717, 1.165) is 36.3 Å². The SMILES string of the molecule is CCCC(=O)N1CCC(C(=O)NCCc2cccc(Cl)c2)CC1. The Balaban J connectivity index is 1.70. The van der Waals surface area contributed by atoms with Gasteiger partial charge in [-0.3, -0.25) is 9.59 Å². The fourth-order valence-electron chi connectivity index (χ4n) is 2.93. The van der Waals surface area contributed by atoms with Crippen molar-refractivity contribution in [1.82, 2.24) is 10.2 Å². The number of carbonyl (C=O) groups excluding carboxylic acids is 2. The number of likely N-dealkylation sites (tertiary alicyclic amines) is 1. The maximum absolute atomic E-state index is 12.2. The van der Waals surface area contributed by atoms with Gasteiger partial charge in [-0.05, 0) is 43.4 Å². The van der Waals surface area contributed by atoms with Crippen LogP contribution in [0.4, 0.5) is 0 Å². The number of hydrogen-bond donors (Lipinski definition) is 1. The summed E-state index contributed by atoms with van der Waals surface area (Å²) in [7, 11) is 0. The fraction of sp³-hybridized carbons (Fsp3) is 0.556. The van der Waals surface area contributed by atoms with Gasteiger partial charge in [-0.15, -0.1) is 0 Å². The van der Waals surface area contributed by atoms with Gasteiger partial charge in [0, 0.05) is 37.0 Å². The van der Waals surface area contributed by atoms with Crippen molar-refractivity contribution in [2.24, 2.45) is 5.92 Å². The minimum absolute atomic E-state index is 0.0278. The number of nitrogens with zero attached hydrogens (tertiary/aromatic N) is 1. The number of amides is 2. The lowest BCUT2D eigenvalue weighted by Gasteiger charge is -2.31. The van der Waals surface area contributed by atoms with Gasteiger partial charge in [0.2, 0.25) is 11.8 Å². The van der Waals surface area contributed by atoms with E-state index in [4.69, 9.17) is 11.6 Å². The van der Waals surface area contributed by atoms with Gasteiger partial charge >= 0.3 is 0 Å². The van der Waals surface area contributed by atoms with Gasteiger partial charge < -0.3 is 10.2 Å². The summed E-state index contributed by atoms with van der Waals surface area (Å²) in [6.45, 7) is 4.03. The van der Waals surface area contributed by atoms with E-state index in [1.165, 1.54) is 0 Å². The highest BCUT2D eigenvalue weighted by molar-refractivity contribution is 6.30. The maximum Gasteiger partial charge on any atom is 0.223 e. The van der Waals surface area contributed by atoms with Crippen LogP contribution in [0.2, 0.25) is 5.02 Å². The Bertz CT molecular complexity index is 540. The molecule has 4 nitrogen and oxygen atoms in total. The fourth-order valence-corrected chi connectivity index (χ4v) is 3.14. The van der Waals surface area contributed by atoms with Crippen LogP contribution in [0.25, 0.3) is 0 Å². The largest absolute Gasteiger partial charge is 0.356 e. The highest BCUT2D eigenvalue weighted by Crippen LogP contribution is 2.18. The van der Waals surface area contributed by atoms with E-state index in [9.17, 15) is 9.59 Å². The number of carbonyl (C=O) groups is 2. The van der Waals surface area contributed by atoms with Gasteiger partial charge in [0.05, 0.1) is 0 Å². The highest BCUT2D eigenvalue weighted by Gasteiger charge is 2.26. The van der Waals surface area contributed by atoms with Crippen molar-refractivity contribution in [3.8, 4) is 0 Å². The van der Waals surface area contributed by atoms with Crippen LogP contribution in [0.5, 0.6) is 0 Å². The maximum atomic E-state index is 12.2. The van der Waals surface area contributed by atoms with Crippen LogP contribution in [-0.4, -0.2) is 36.3 Å². The molecule has 5 heteroatoms. The zero-order valence-corrected chi connectivity index (χ0v) is 14.4. The lowest BCUT2D eigenvalue weighted by atomic mass is 9.95. The molecule has 0 aliphatic carbocycles. The van der Waals surface area contributed by atoms with E-state index in [1.807, 2.05) is 36.1 Å². The second-order valence-corrected chi connectivity index (χ2v) is 6.51. The second-order valence-electron chi connectivity index (χ2n) is 6.08. The quantitative estimate of drug-likeness (QED) is 0.868. The summed E-state index contributed by atoms with van der Waals surface area (Å²) in [4.78, 5) is 26.0. The molecule has 1 fully saturated rings. The molecule has 1 aromatic rings. The molecule has 0 saturated carbocycles. The van der Waals surface area contributed by atoms with Crippen LogP contribution in [-0.2, 0) is 16.0 Å². The lowest BCUT2D eigenvalue weighted by molar-refractivity contribution is -0.135. The zero-order valence-electron chi connectivity index (χ0n) is 13.7. The molecule has 0 atom stereocenters. The Morgan fingerprint density at radius 2 is 2.04 bits per heavy atom. The molecular weight excluding hydrogens is 312 g/mol. The van der Waals surface area contributed by atoms with Gasteiger partial charge in [-0.25, -0.2) is 0 Å². The molecule has 2 amide bonds. The third-order valence-corrected chi connectivity index (χ3v) is 4.52. The van der Waals surface area contributed by atoms with Gasteiger partial charge in [0.25, 0.3) is 0 Å². The molecule has 0 radical (unpaired) electrons. The van der Waals surface area contributed by atoms with Crippen LogP contribution in [0.1, 0.15) is 38.2 Å². The van der Waals surface area contributed by atoms with E-state index in [2.05, 4.69) is 5.32 Å².